The molecule has 0 aromatic carbocycles. The lowest BCUT2D eigenvalue weighted by Gasteiger charge is -1.90. The van der Waals surface area contributed by atoms with E-state index in [1.54, 1.807) is 0 Å². The molecule has 0 aliphatic carbocycles. The first-order valence-electron chi connectivity index (χ1n) is 5.98. The Bertz CT molecular complexity index is 217. The van der Waals surface area contributed by atoms with Gasteiger partial charge in [-0.15, -0.1) is 0 Å². The number of hydrogen-bond acceptors (Lipinski definition) is 3. The van der Waals surface area contributed by atoms with E-state index in [4.69, 9.17) is 10.8 Å². The predicted molar refractivity (Wildman–Crippen MR) is 65.5 cm³/mol. The Morgan fingerprint density at radius 3 is 2.12 bits per heavy atom. The molecule has 0 saturated carbocycles. The molecule has 5 nitrogen and oxygen atoms in total. The van der Waals surface area contributed by atoms with Crippen molar-refractivity contribution in [2.75, 3.05) is 0 Å². The molecule has 0 aromatic rings. The zero-order valence-corrected chi connectivity index (χ0v) is 10.5. The minimum absolute atomic E-state index is 0.291. The van der Waals surface area contributed by atoms with Gasteiger partial charge in [-0.2, -0.15) is 0 Å². The van der Waals surface area contributed by atoms with Gasteiger partial charge in [-0.1, -0.05) is 19.8 Å². The highest BCUT2D eigenvalue weighted by Crippen LogP contribution is 1.97. The number of carbonyl (C=O) groups is 3. The van der Waals surface area contributed by atoms with E-state index in [1.807, 2.05) is 0 Å². The van der Waals surface area contributed by atoms with Crippen LogP contribution in [0.1, 0.15) is 58.3 Å². The second-order valence-corrected chi connectivity index (χ2v) is 3.73. The van der Waals surface area contributed by atoms with E-state index in [1.165, 1.54) is 0 Å². The first kappa shape index (κ1) is 18.0. The number of aldehydes is 1. The van der Waals surface area contributed by atoms with Gasteiger partial charge in [-0.05, 0) is 19.3 Å². The van der Waals surface area contributed by atoms with Gasteiger partial charge in [0.25, 0.3) is 0 Å². The van der Waals surface area contributed by atoms with Crippen molar-refractivity contribution in [3.63, 3.8) is 0 Å². The van der Waals surface area contributed by atoms with Gasteiger partial charge in [0.2, 0.25) is 5.91 Å². The highest BCUT2D eigenvalue weighted by Gasteiger charge is 1.93. The summed E-state index contributed by atoms with van der Waals surface area (Å²) in [5.41, 5.74) is 4.85. The van der Waals surface area contributed by atoms with Gasteiger partial charge in [0.05, 0.1) is 0 Å². The predicted octanol–water partition coefficient (Wildman–Crippen LogP) is 1.88. The normalized spacial score (nSPS) is 9.00. The van der Waals surface area contributed by atoms with Crippen LogP contribution in [-0.4, -0.2) is 23.3 Å². The van der Waals surface area contributed by atoms with Gasteiger partial charge in [0.15, 0.2) is 0 Å². The van der Waals surface area contributed by atoms with E-state index in [2.05, 4.69) is 6.92 Å². The Hall–Kier alpha value is -1.39. The van der Waals surface area contributed by atoms with Crippen molar-refractivity contribution in [3.8, 4) is 0 Å². The largest absolute Gasteiger partial charge is 0.481 e. The highest BCUT2D eigenvalue weighted by atomic mass is 16.4. The summed E-state index contributed by atoms with van der Waals surface area (Å²) >= 11 is 0. The van der Waals surface area contributed by atoms with Crippen molar-refractivity contribution in [2.45, 2.75) is 58.3 Å². The molecule has 0 aromatic heterocycles. The van der Waals surface area contributed by atoms with Crippen LogP contribution in [0.5, 0.6) is 0 Å². The molecule has 5 heteroatoms. The van der Waals surface area contributed by atoms with Crippen LogP contribution in [0.4, 0.5) is 0 Å². The fourth-order valence-corrected chi connectivity index (χ4v) is 1.05. The molecule has 17 heavy (non-hydrogen) atoms. The average Bonchev–Trinajstić information content (AvgIpc) is 2.25. The third-order valence-corrected chi connectivity index (χ3v) is 1.99. The summed E-state index contributed by atoms with van der Waals surface area (Å²) in [6, 6.07) is 0. The van der Waals surface area contributed by atoms with E-state index in [0.717, 1.165) is 38.4 Å². The van der Waals surface area contributed by atoms with Crippen LogP contribution in [0.2, 0.25) is 0 Å². The van der Waals surface area contributed by atoms with Gasteiger partial charge in [-0.3, -0.25) is 9.59 Å². The maximum Gasteiger partial charge on any atom is 0.303 e. The molecule has 0 heterocycles. The zero-order valence-electron chi connectivity index (χ0n) is 10.5. The molecular formula is C12H23NO4. The average molecular weight is 245 g/mol. The van der Waals surface area contributed by atoms with Crippen LogP contribution in [0.3, 0.4) is 0 Å². The first-order valence-corrected chi connectivity index (χ1v) is 5.98. The highest BCUT2D eigenvalue weighted by molar-refractivity contribution is 5.73. The molecule has 0 aliphatic rings. The zero-order chi connectivity index (χ0) is 13.5. The summed E-state index contributed by atoms with van der Waals surface area (Å²) in [7, 11) is 0. The Morgan fingerprint density at radius 1 is 1.12 bits per heavy atom. The Kier molecular flexibility index (Phi) is 15.5. The lowest BCUT2D eigenvalue weighted by Crippen LogP contribution is -2.09. The second kappa shape index (κ2) is 14.6. The Balaban J connectivity index is 0. The molecule has 0 fully saturated rings. The van der Waals surface area contributed by atoms with Crippen LogP contribution in [0, 0.1) is 0 Å². The SMILES string of the molecule is CCCCCC(=O)O.NC(=O)CCCCC=O. The topological polar surface area (TPSA) is 97.5 Å². The van der Waals surface area contributed by atoms with Crippen LogP contribution in [0.25, 0.3) is 0 Å². The molecule has 0 aliphatic heterocycles. The molecule has 0 unspecified atom stereocenters. The third kappa shape index (κ3) is 25.2. The number of nitrogens with two attached hydrogens (primary N) is 1. The molecule has 0 bridgehead atoms. The number of amides is 1. The van der Waals surface area contributed by atoms with Crippen molar-refractivity contribution in [1.82, 2.24) is 0 Å². The smallest absolute Gasteiger partial charge is 0.303 e. The van der Waals surface area contributed by atoms with Gasteiger partial charge in [-0.25, -0.2) is 0 Å². The number of carboxylic acids is 1. The van der Waals surface area contributed by atoms with E-state index < -0.39 is 5.97 Å². The summed E-state index contributed by atoms with van der Waals surface area (Å²) in [5.74, 6) is -0.973. The van der Waals surface area contributed by atoms with Crippen LogP contribution in [-0.2, 0) is 14.4 Å². The summed E-state index contributed by atoms with van der Waals surface area (Å²) in [5, 5.41) is 8.14. The van der Waals surface area contributed by atoms with E-state index in [0.29, 0.717) is 19.3 Å². The van der Waals surface area contributed by atoms with Gasteiger partial charge in [0.1, 0.15) is 6.29 Å². The molecule has 1 amide bonds. The summed E-state index contributed by atoms with van der Waals surface area (Å²) in [4.78, 5) is 29.7. The second-order valence-electron chi connectivity index (χ2n) is 3.73. The van der Waals surface area contributed by atoms with E-state index in [-0.39, 0.29) is 5.91 Å². The number of aliphatic carboxylic acids is 1. The fraction of sp³-hybridized carbons (Fsp3) is 0.750. The van der Waals surface area contributed by atoms with Crippen LogP contribution < -0.4 is 5.73 Å². The van der Waals surface area contributed by atoms with Crippen molar-refractivity contribution in [3.05, 3.63) is 0 Å². The van der Waals surface area contributed by atoms with Crippen molar-refractivity contribution >= 4 is 18.2 Å². The molecule has 100 valence electrons. The number of rotatable bonds is 9. The monoisotopic (exact) mass is 245 g/mol. The maximum atomic E-state index is 10.1. The van der Waals surface area contributed by atoms with Gasteiger partial charge < -0.3 is 15.6 Å². The van der Waals surface area contributed by atoms with Crippen LogP contribution >= 0.6 is 0 Å². The molecule has 0 atom stereocenters. The standard InChI is InChI=1S/C6H11NO2.C6H12O2/c7-6(9)4-2-1-3-5-8;1-2-3-4-5-6(7)8/h5H,1-4H2,(H2,7,9);2-5H2,1H3,(H,7,8). The maximum absolute atomic E-state index is 10.1. The molecule has 3 N–H and O–H groups in total. The minimum Gasteiger partial charge on any atom is -0.481 e. The van der Waals surface area contributed by atoms with Crippen molar-refractivity contribution in [2.24, 2.45) is 5.73 Å². The molecule has 0 radical (unpaired) electrons. The third-order valence-electron chi connectivity index (χ3n) is 1.99. The van der Waals surface area contributed by atoms with E-state index in [9.17, 15) is 14.4 Å². The van der Waals surface area contributed by atoms with Crippen LogP contribution in [0.15, 0.2) is 0 Å². The molecule has 0 spiro atoms. The Morgan fingerprint density at radius 2 is 1.71 bits per heavy atom. The lowest BCUT2D eigenvalue weighted by atomic mass is 10.2. The van der Waals surface area contributed by atoms with E-state index >= 15 is 0 Å². The molecular weight excluding hydrogens is 222 g/mol. The fourth-order valence-electron chi connectivity index (χ4n) is 1.05. The summed E-state index contributed by atoms with van der Waals surface area (Å²) in [6.45, 7) is 2.06. The van der Waals surface area contributed by atoms with Gasteiger partial charge >= 0.3 is 5.97 Å². The summed E-state index contributed by atoms with van der Waals surface area (Å²) in [6.07, 6.45) is 6.56. The number of carbonyl (C=O) groups excluding carboxylic acids is 2. The van der Waals surface area contributed by atoms with Crippen molar-refractivity contribution < 1.29 is 19.5 Å². The molecule has 0 rings (SSSR count). The Labute approximate surface area is 102 Å². The first-order chi connectivity index (χ1) is 8.04. The van der Waals surface area contributed by atoms with Crippen molar-refractivity contribution in [1.29, 1.82) is 0 Å². The number of primary amides is 1. The summed E-state index contributed by atoms with van der Waals surface area (Å²) < 4.78 is 0. The quantitative estimate of drug-likeness (QED) is 0.478. The number of hydrogen-bond donors (Lipinski definition) is 2. The number of unbranched alkanes of at least 4 members (excludes halogenated alkanes) is 4. The molecule has 0 saturated heterocycles. The van der Waals surface area contributed by atoms with Gasteiger partial charge in [0, 0.05) is 19.3 Å². The lowest BCUT2D eigenvalue weighted by molar-refractivity contribution is -0.137. The number of carboxylic acid groups (broad SMARTS) is 1. The minimum atomic E-state index is -0.682.